The van der Waals surface area contributed by atoms with Gasteiger partial charge in [-0.1, -0.05) is 6.92 Å². The number of aromatic carboxylic acids is 1. The molecule has 2 heterocycles. The molecular formula is C14H20BrN3O2. The minimum atomic E-state index is -0.929. The average molecular weight is 342 g/mol. The van der Waals surface area contributed by atoms with Gasteiger partial charge in [-0.2, -0.15) is 0 Å². The van der Waals surface area contributed by atoms with E-state index in [9.17, 15) is 9.90 Å². The second kappa shape index (κ2) is 6.54. The number of halogens is 1. The van der Waals surface area contributed by atoms with Gasteiger partial charge in [0.15, 0.2) is 0 Å². The van der Waals surface area contributed by atoms with Crippen molar-refractivity contribution in [3.8, 4) is 0 Å². The van der Waals surface area contributed by atoms with Crippen LogP contribution in [0.2, 0.25) is 0 Å². The van der Waals surface area contributed by atoms with Crippen LogP contribution in [-0.2, 0) is 0 Å². The highest BCUT2D eigenvalue weighted by Crippen LogP contribution is 2.26. The quantitative estimate of drug-likeness (QED) is 0.915. The third kappa shape index (κ3) is 3.30. The highest BCUT2D eigenvalue weighted by atomic mass is 79.9. The first-order chi connectivity index (χ1) is 9.52. The summed E-state index contributed by atoms with van der Waals surface area (Å²) in [6, 6.07) is 1.93. The molecule has 2 rings (SSSR count). The van der Waals surface area contributed by atoms with Gasteiger partial charge in [0, 0.05) is 29.8 Å². The Hall–Kier alpha value is -1.14. The molecule has 0 radical (unpaired) electrons. The van der Waals surface area contributed by atoms with Crippen molar-refractivity contribution in [1.82, 2.24) is 9.88 Å². The molecule has 1 saturated heterocycles. The summed E-state index contributed by atoms with van der Waals surface area (Å²) in [6.07, 6.45) is 3.66. The van der Waals surface area contributed by atoms with Crippen molar-refractivity contribution in [1.29, 1.82) is 0 Å². The summed E-state index contributed by atoms with van der Waals surface area (Å²) in [6.45, 7) is 4.95. The molecule has 0 aliphatic carbocycles. The predicted molar refractivity (Wildman–Crippen MR) is 82.4 cm³/mol. The maximum Gasteiger partial charge on any atom is 0.339 e. The van der Waals surface area contributed by atoms with E-state index < -0.39 is 5.97 Å². The molecule has 0 spiro atoms. The molecule has 20 heavy (non-hydrogen) atoms. The van der Waals surface area contributed by atoms with Crippen molar-refractivity contribution < 1.29 is 9.90 Å². The lowest BCUT2D eigenvalue weighted by Crippen LogP contribution is -2.41. The fraction of sp³-hybridized carbons (Fsp3) is 0.571. The van der Waals surface area contributed by atoms with Gasteiger partial charge in [-0.25, -0.2) is 9.78 Å². The molecule has 1 aromatic rings. The Morgan fingerprint density at radius 3 is 2.95 bits per heavy atom. The third-order valence-electron chi connectivity index (χ3n) is 3.71. The summed E-state index contributed by atoms with van der Waals surface area (Å²) >= 11 is 3.29. The van der Waals surface area contributed by atoms with Crippen molar-refractivity contribution in [3.63, 3.8) is 0 Å². The van der Waals surface area contributed by atoms with Gasteiger partial charge in [-0.05, 0) is 48.4 Å². The van der Waals surface area contributed by atoms with Gasteiger partial charge >= 0.3 is 5.97 Å². The molecule has 5 nitrogen and oxygen atoms in total. The molecule has 1 N–H and O–H groups in total. The first-order valence-electron chi connectivity index (χ1n) is 6.87. The number of anilines is 1. The van der Waals surface area contributed by atoms with E-state index in [4.69, 9.17) is 0 Å². The van der Waals surface area contributed by atoms with Crippen LogP contribution in [0.25, 0.3) is 0 Å². The first-order valence-corrected chi connectivity index (χ1v) is 7.66. The largest absolute Gasteiger partial charge is 0.478 e. The fourth-order valence-corrected chi connectivity index (χ4v) is 3.02. The molecule has 110 valence electrons. The molecular weight excluding hydrogens is 322 g/mol. The van der Waals surface area contributed by atoms with Crippen molar-refractivity contribution in [2.45, 2.75) is 25.8 Å². The Balaban J connectivity index is 2.39. The van der Waals surface area contributed by atoms with E-state index in [0.717, 1.165) is 32.5 Å². The Morgan fingerprint density at radius 1 is 1.55 bits per heavy atom. The van der Waals surface area contributed by atoms with Crippen molar-refractivity contribution in [2.75, 3.05) is 31.6 Å². The standard InChI is InChI=1S/C14H20BrN3O2/c1-3-11-9-17(2)5-4-6-18(11)13-12(14(19)20)7-10(15)8-16-13/h7-8,11H,3-6,9H2,1-2H3,(H,19,20). The minimum Gasteiger partial charge on any atom is -0.478 e. The lowest BCUT2D eigenvalue weighted by Gasteiger charge is -2.32. The number of aromatic nitrogens is 1. The molecule has 0 bridgehead atoms. The van der Waals surface area contributed by atoms with Crippen LogP contribution in [0.1, 0.15) is 30.1 Å². The molecule has 1 fully saturated rings. The number of hydrogen-bond donors (Lipinski definition) is 1. The number of carbonyl (C=O) groups is 1. The number of carboxylic acid groups (broad SMARTS) is 1. The SMILES string of the molecule is CCC1CN(C)CCCN1c1ncc(Br)cc1C(=O)O. The van der Waals surface area contributed by atoms with Crippen LogP contribution in [0.3, 0.4) is 0 Å². The Kier molecular flexibility index (Phi) is 4.99. The molecule has 0 aromatic carbocycles. The zero-order chi connectivity index (χ0) is 14.7. The van der Waals surface area contributed by atoms with Crippen molar-refractivity contribution in [3.05, 3.63) is 22.3 Å². The van der Waals surface area contributed by atoms with E-state index >= 15 is 0 Å². The van der Waals surface area contributed by atoms with Gasteiger partial charge in [0.05, 0.1) is 0 Å². The van der Waals surface area contributed by atoms with Gasteiger partial charge < -0.3 is 14.9 Å². The molecule has 1 aliphatic rings. The smallest absolute Gasteiger partial charge is 0.339 e. The maximum absolute atomic E-state index is 11.5. The number of pyridine rings is 1. The van der Waals surface area contributed by atoms with Gasteiger partial charge in [0.1, 0.15) is 11.4 Å². The number of rotatable bonds is 3. The second-order valence-corrected chi connectivity index (χ2v) is 6.12. The number of hydrogen-bond acceptors (Lipinski definition) is 4. The summed E-state index contributed by atoms with van der Waals surface area (Å²) in [4.78, 5) is 20.3. The highest BCUT2D eigenvalue weighted by Gasteiger charge is 2.26. The van der Waals surface area contributed by atoms with Crippen LogP contribution in [0.4, 0.5) is 5.82 Å². The fourth-order valence-electron chi connectivity index (χ4n) is 2.69. The lowest BCUT2D eigenvalue weighted by molar-refractivity contribution is 0.0697. The van der Waals surface area contributed by atoms with Gasteiger partial charge in [-0.3, -0.25) is 0 Å². The molecule has 1 aromatic heterocycles. The van der Waals surface area contributed by atoms with E-state index in [2.05, 4.69) is 44.7 Å². The van der Waals surface area contributed by atoms with Crippen molar-refractivity contribution >= 4 is 27.7 Å². The van der Waals surface area contributed by atoms with Gasteiger partial charge in [0.2, 0.25) is 0 Å². The summed E-state index contributed by atoms with van der Waals surface area (Å²) in [7, 11) is 2.11. The summed E-state index contributed by atoms with van der Waals surface area (Å²) in [5, 5.41) is 9.40. The minimum absolute atomic E-state index is 0.266. The number of likely N-dealkylation sites (N-methyl/N-ethyl adjacent to an activating group) is 1. The Morgan fingerprint density at radius 2 is 2.30 bits per heavy atom. The molecule has 1 unspecified atom stereocenters. The van der Waals surface area contributed by atoms with Crippen LogP contribution in [0.5, 0.6) is 0 Å². The third-order valence-corrected chi connectivity index (χ3v) is 4.14. The van der Waals surface area contributed by atoms with Gasteiger partial charge in [-0.15, -0.1) is 0 Å². The van der Waals surface area contributed by atoms with Crippen molar-refractivity contribution in [2.24, 2.45) is 0 Å². The van der Waals surface area contributed by atoms with Crippen LogP contribution in [0, 0.1) is 0 Å². The predicted octanol–water partition coefficient (Wildman–Crippen LogP) is 2.46. The Bertz CT molecular complexity index is 495. The monoisotopic (exact) mass is 341 g/mol. The van der Waals surface area contributed by atoms with Crippen LogP contribution in [-0.4, -0.2) is 53.7 Å². The second-order valence-electron chi connectivity index (χ2n) is 5.20. The van der Waals surface area contributed by atoms with Crippen LogP contribution < -0.4 is 4.90 Å². The van der Waals surface area contributed by atoms with E-state index in [1.807, 2.05) is 0 Å². The molecule has 6 heteroatoms. The van der Waals surface area contributed by atoms with E-state index in [1.54, 1.807) is 12.3 Å². The van der Waals surface area contributed by atoms with Gasteiger partial charge in [0.25, 0.3) is 0 Å². The first kappa shape index (κ1) is 15.3. The number of nitrogens with zero attached hydrogens (tertiary/aromatic N) is 3. The highest BCUT2D eigenvalue weighted by molar-refractivity contribution is 9.10. The van der Waals surface area contributed by atoms with Crippen LogP contribution in [0.15, 0.2) is 16.7 Å². The summed E-state index contributed by atoms with van der Waals surface area (Å²) in [5.41, 5.74) is 0.266. The zero-order valence-corrected chi connectivity index (χ0v) is 13.4. The number of carboxylic acids is 1. The van der Waals surface area contributed by atoms with Crippen LogP contribution >= 0.6 is 15.9 Å². The topological polar surface area (TPSA) is 56.7 Å². The molecule has 1 aliphatic heterocycles. The zero-order valence-electron chi connectivity index (χ0n) is 11.8. The maximum atomic E-state index is 11.5. The normalized spacial score (nSPS) is 20.8. The van der Waals surface area contributed by atoms with E-state index in [-0.39, 0.29) is 5.56 Å². The lowest BCUT2D eigenvalue weighted by atomic mass is 10.1. The van der Waals surface area contributed by atoms with E-state index in [0.29, 0.717) is 16.3 Å². The Labute approximate surface area is 127 Å². The molecule has 1 atom stereocenters. The average Bonchev–Trinajstić information content (AvgIpc) is 2.60. The summed E-state index contributed by atoms with van der Waals surface area (Å²) < 4.78 is 0.693. The summed E-state index contributed by atoms with van der Waals surface area (Å²) in [5.74, 6) is -0.343. The van der Waals surface area contributed by atoms with E-state index in [1.165, 1.54) is 0 Å². The molecule has 0 amide bonds. The molecule has 0 saturated carbocycles.